The van der Waals surface area contributed by atoms with E-state index in [0.29, 0.717) is 23.7 Å². The Kier molecular flexibility index (Phi) is 4.37. The zero-order valence-corrected chi connectivity index (χ0v) is 12.5. The summed E-state index contributed by atoms with van der Waals surface area (Å²) >= 11 is 3.25. The second-order valence-electron chi connectivity index (χ2n) is 4.89. The molecule has 3 nitrogen and oxygen atoms in total. The molecule has 3 N–H and O–H groups in total. The fourth-order valence-corrected chi connectivity index (χ4v) is 2.40. The van der Waals surface area contributed by atoms with Crippen molar-refractivity contribution in [2.24, 2.45) is 11.7 Å². The standard InChI is InChI=1S/C14H17BrFN3/c1-8(2)11(6-17)14-18-7-13(19-14)10-4-3-9(15)5-12(10)16/h3-5,7-8,11H,6,17H2,1-2H3,(H,18,19). The molecule has 1 atom stereocenters. The molecule has 1 heterocycles. The van der Waals surface area contributed by atoms with Gasteiger partial charge in [-0.1, -0.05) is 29.8 Å². The number of imidazole rings is 1. The molecule has 0 bridgehead atoms. The van der Waals surface area contributed by atoms with Gasteiger partial charge in [0.15, 0.2) is 0 Å². The molecular weight excluding hydrogens is 309 g/mol. The molecule has 0 fully saturated rings. The molecule has 0 aliphatic carbocycles. The van der Waals surface area contributed by atoms with Crippen molar-refractivity contribution in [3.63, 3.8) is 0 Å². The van der Waals surface area contributed by atoms with E-state index < -0.39 is 0 Å². The first-order valence-corrected chi connectivity index (χ1v) is 7.02. The summed E-state index contributed by atoms with van der Waals surface area (Å²) in [5.41, 5.74) is 6.96. The van der Waals surface area contributed by atoms with Gasteiger partial charge in [-0.15, -0.1) is 0 Å². The van der Waals surface area contributed by atoms with Gasteiger partial charge in [0.1, 0.15) is 11.6 Å². The van der Waals surface area contributed by atoms with Crippen molar-refractivity contribution in [1.82, 2.24) is 9.97 Å². The van der Waals surface area contributed by atoms with Crippen LogP contribution in [0.4, 0.5) is 4.39 Å². The Morgan fingerprint density at radius 1 is 1.42 bits per heavy atom. The number of nitrogens with two attached hydrogens (primary N) is 1. The van der Waals surface area contributed by atoms with Gasteiger partial charge in [0, 0.05) is 22.5 Å². The molecule has 2 aromatic rings. The van der Waals surface area contributed by atoms with Gasteiger partial charge >= 0.3 is 0 Å². The Balaban J connectivity index is 2.35. The van der Waals surface area contributed by atoms with Gasteiger partial charge in [-0.05, 0) is 24.1 Å². The quantitative estimate of drug-likeness (QED) is 0.900. The summed E-state index contributed by atoms with van der Waals surface area (Å²) in [6, 6.07) is 4.98. The fourth-order valence-electron chi connectivity index (χ4n) is 2.07. The molecule has 0 aliphatic rings. The van der Waals surface area contributed by atoms with Crippen molar-refractivity contribution in [3.05, 3.63) is 40.5 Å². The van der Waals surface area contributed by atoms with Crippen molar-refractivity contribution >= 4 is 15.9 Å². The molecule has 1 aromatic carbocycles. The van der Waals surface area contributed by atoms with Crippen LogP contribution in [0.25, 0.3) is 11.3 Å². The van der Waals surface area contributed by atoms with Gasteiger partial charge in [-0.25, -0.2) is 9.37 Å². The Bertz CT molecular complexity index is 566. The third-order valence-electron chi connectivity index (χ3n) is 3.23. The van der Waals surface area contributed by atoms with Crippen molar-refractivity contribution in [1.29, 1.82) is 0 Å². The van der Waals surface area contributed by atoms with E-state index in [1.165, 1.54) is 6.07 Å². The fraction of sp³-hybridized carbons (Fsp3) is 0.357. The second-order valence-corrected chi connectivity index (χ2v) is 5.81. The molecule has 0 radical (unpaired) electrons. The minimum Gasteiger partial charge on any atom is -0.342 e. The maximum Gasteiger partial charge on any atom is 0.133 e. The van der Waals surface area contributed by atoms with E-state index in [9.17, 15) is 4.39 Å². The van der Waals surface area contributed by atoms with E-state index in [-0.39, 0.29) is 11.7 Å². The first-order chi connectivity index (χ1) is 9.02. The highest BCUT2D eigenvalue weighted by atomic mass is 79.9. The summed E-state index contributed by atoms with van der Waals surface area (Å²) in [7, 11) is 0. The summed E-state index contributed by atoms with van der Waals surface area (Å²) in [4.78, 5) is 7.51. The molecular formula is C14H17BrFN3. The zero-order valence-electron chi connectivity index (χ0n) is 11.0. The predicted molar refractivity (Wildman–Crippen MR) is 78.3 cm³/mol. The molecule has 1 aromatic heterocycles. The van der Waals surface area contributed by atoms with Crippen LogP contribution in [-0.4, -0.2) is 16.5 Å². The van der Waals surface area contributed by atoms with Crippen LogP contribution >= 0.6 is 15.9 Å². The van der Waals surface area contributed by atoms with E-state index in [1.807, 2.05) is 6.07 Å². The number of nitrogens with one attached hydrogen (secondary N) is 1. The van der Waals surface area contributed by atoms with Crippen LogP contribution in [0.15, 0.2) is 28.9 Å². The van der Waals surface area contributed by atoms with Crippen LogP contribution in [0.3, 0.4) is 0 Å². The third-order valence-corrected chi connectivity index (χ3v) is 3.72. The maximum atomic E-state index is 13.9. The highest BCUT2D eigenvalue weighted by Gasteiger charge is 2.18. The van der Waals surface area contributed by atoms with Gasteiger partial charge in [-0.2, -0.15) is 0 Å². The minimum atomic E-state index is -0.279. The molecule has 5 heteroatoms. The lowest BCUT2D eigenvalue weighted by molar-refractivity contribution is 0.487. The monoisotopic (exact) mass is 325 g/mol. The van der Waals surface area contributed by atoms with Gasteiger partial charge in [0.25, 0.3) is 0 Å². The average Bonchev–Trinajstić information content (AvgIpc) is 2.78. The lowest BCUT2D eigenvalue weighted by Crippen LogP contribution is -2.19. The number of benzene rings is 1. The van der Waals surface area contributed by atoms with Gasteiger partial charge in [-0.3, -0.25) is 0 Å². The number of hydrogen-bond donors (Lipinski definition) is 2. The third kappa shape index (κ3) is 3.04. The Morgan fingerprint density at radius 2 is 2.16 bits per heavy atom. The molecule has 1 unspecified atom stereocenters. The van der Waals surface area contributed by atoms with E-state index >= 15 is 0 Å². The highest BCUT2D eigenvalue weighted by Crippen LogP contribution is 2.27. The van der Waals surface area contributed by atoms with Gasteiger partial charge in [0.05, 0.1) is 11.9 Å². The molecule has 0 spiro atoms. The van der Waals surface area contributed by atoms with Crippen molar-refractivity contribution in [2.45, 2.75) is 19.8 Å². The molecule has 2 rings (SSSR count). The van der Waals surface area contributed by atoms with E-state index in [2.05, 4.69) is 39.7 Å². The van der Waals surface area contributed by atoms with E-state index in [0.717, 1.165) is 10.3 Å². The molecule has 0 amide bonds. The number of hydrogen-bond acceptors (Lipinski definition) is 2. The van der Waals surface area contributed by atoms with E-state index in [4.69, 9.17) is 5.73 Å². The van der Waals surface area contributed by atoms with E-state index in [1.54, 1.807) is 12.3 Å². The number of rotatable bonds is 4. The van der Waals surface area contributed by atoms with Crippen molar-refractivity contribution in [2.75, 3.05) is 6.54 Å². The topological polar surface area (TPSA) is 54.7 Å². The SMILES string of the molecule is CC(C)C(CN)c1ncc(-c2ccc(Br)cc2F)[nH]1. The summed E-state index contributed by atoms with van der Waals surface area (Å²) in [5, 5.41) is 0. The first kappa shape index (κ1) is 14.2. The molecule has 19 heavy (non-hydrogen) atoms. The van der Waals surface area contributed by atoms with Crippen LogP contribution in [0.2, 0.25) is 0 Å². The summed E-state index contributed by atoms with van der Waals surface area (Å²) in [6.07, 6.45) is 1.66. The van der Waals surface area contributed by atoms with Crippen molar-refractivity contribution < 1.29 is 4.39 Å². The molecule has 0 saturated heterocycles. The van der Waals surface area contributed by atoms with Gasteiger partial charge in [0.2, 0.25) is 0 Å². The van der Waals surface area contributed by atoms with Crippen LogP contribution in [0.1, 0.15) is 25.6 Å². The molecule has 0 aliphatic heterocycles. The normalized spacial score (nSPS) is 12.9. The van der Waals surface area contributed by atoms with Gasteiger partial charge < -0.3 is 10.7 Å². The summed E-state index contributed by atoms with van der Waals surface area (Å²) in [6.45, 7) is 4.72. The zero-order chi connectivity index (χ0) is 14.0. The second kappa shape index (κ2) is 5.84. The predicted octanol–water partition coefficient (Wildman–Crippen LogP) is 3.68. The number of nitrogens with zero attached hydrogens (tertiary/aromatic N) is 1. The molecule has 102 valence electrons. The Labute approximate surface area is 120 Å². The summed E-state index contributed by atoms with van der Waals surface area (Å²) in [5.74, 6) is 1.08. The molecule has 0 saturated carbocycles. The highest BCUT2D eigenvalue weighted by molar-refractivity contribution is 9.10. The lowest BCUT2D eigenvalue weighted by atomic mass is 9.95. The average molecular weight is 326 g/mol. The van der Waals surface area contributed by atoms with Crippen LogP contribution in [0, 0.1) is 11.7 Å². The Morgan fingerprint density at radius 3 is 2.74 bits per heavy atom. The summed E-state index contributed by atoms with van der Waals surface area (Å²) < 4.78 is 14.6. The van der Waals surface area contributed by atoms with Crippen LogP contribution in [-0.2, 0) is 0 Å². The number of aromatic nitrogens is 2. The largest absolute Gasteiger partial charge is 0.342 e. The maximum absolute atomic E-state index is 13.9. The van der Waals surface area contributed by atoms with Crippen LogP contribution in [0.5, 0.6) is 0 Å². The first-order valence-electron chi connectivity index (χ1n) is 6.23. The number of halogens is 2. The van der Waals surface area contributed by atoms with Crippen LogP contribution < -0.4 is 5.73 Å². The smallest absolute Gasteiger partial charge is 0.133 e. The Hall–Kier alpha value is -1.20. The number of H-pyrrole nitrogens is 1. The van der Waals surface area contributed by atoms with Crippen molar-refractivity contribution in [3.8, 4) is 11.3 Å². The lowest BCUT2D eigenvalue weighted by Gasteiger charge is -2.15. The minimum absolute atomic E-state index is 0.159. The number of aromatic amines is 1.